The summed E-state index contributed by atoms with van der Waals surface area (Å²) in [6, 6.07) is 5.83. The van der Waals surface area contributed by atoms with E-state index >= 15 is 0 Å². The molecule has 0 fully saturated rings. The molecule has 148 valence electrons. The van der Waals surface area contributed by atoms with E-state index in [1.54, 1.807) is 19.9 Å². The van der Waals surface area contributed by atoms with Crippen molar-refractivity contribution in [1.29, 1.82) is 0 Å². The van der Waals surface area contributed by atoms with Gasteiger partial charge in [0.25, 0.3) is 5.56 Å². The molecule has 0 atom stereocenters. The molecule has 0 aliphatic carbocycles. The number of fused-ring (bicyclic) bond motifs is 1. The summed E-state index contributed by atoms with van der Waals surface area (Å²) in [5.74, 6) is -1.10. The van der Waals surface area contributed by atoms with Crippen molar-refractivity contribution in [3.8, 4) is 0 Å². The number of aryl methyl sites for hydroxylation is 1. The number of anilines is 1. The SMILES string of the molecule is CCOC(=O)N1CCc2nn(CC(=O)Nc3ccc(C)cc3F)c(=O)cc2C1. The van der Waals surface area contributed by atoms with E-state index in [-0.39, 0.29) is 25.4 Å². The van der Waals surface area contributed by atoms with E-state index in [2.05, 4.69) is 10.4 Å². The van der Waals surface area contributed by atoms with Gasteiger partial charge in [0.1, 0.15) is 12.4 Å². The molecule has 8 nitrogen and oxygen atoms in total. The number of amides is 2. The van der Waals surface area contributed by atoms with Crippen LogP contribution in [0.25, 0.3) is 0 Å². The molecule has 1 aromatic heterocycles. The number of nitrogens with zero attached hydrogens (tertiary/aromatic N) is 3. The fraction of sp³-hybridized carbons (Fsp3) is 0.368. The Bertz CT molecular complexity index is 973. The van der Waals surface area contributed by atoms with Gasteiger partial charge in [-0.25, -0.2) is 13.9 Å². The summed E-state index contributed by atoms with van der Waals surface area (Å²) in [7, 11) is 0. The number of hydrogen-bond donors (Lipinski definition) is 1. The van der Waals surface area contributed by atoms with Gasteiger partial charge in [-0.3, -0.25) is 9.59 Å². The van der Waals surface area contributed by atoms with Crippen molar-refractivity contribution in [2.45, 2.75) is 33.4 Å². The molecule has 0 saturated heterocycles. The van der Waals surface area contributed by atoms with Crippen molar-refractivity contribution in [1.82, 2.24) is 14.7 Å². The molecule has 0 spiro atoms. The third-order valence-corrected chi connectivity index (χ3v) is 4.36. The predicted molar refractivity (Wildman–Crippen MR) is 99.4 cm³/mol. The maximum atomic E-state index is 13.9. The second kappa shape index (κ2) is 8.20. The van der Waals surface area contributed by atoms with Gasteiger partial charge < -0.3 is 15.0 Å². The minimum atomic E-state index is -0.554. The first-order valence-electron chi connectivity index (χ1n) is 8.95. The molecule has 2 amide bonds. The first-order chi connectivity index (χ1) is 13.4. The van der Waals surface area contributed by atoms with Crippen molar-refractivity contribution in [3.63, 3.8) is 0 Å². The lowest BCUT2D eigenvalue weighted by Crippen LogP contribution is -2.39. The first kappa shape index (κ1) is 19.5. The normalized spacial score (nSPS) is 13.0. The number of halogens is 1. The van der Waals surface area contributed by atoms with E-state index < -0.39 is 23.4 Å². The van der Waals surface area contributed by atoms with Crippen LogP contribution in [0.3, 0.4) is 0 Å². The van der Waals surface area contributed by atoms with Gasteiger partial charge in [0.15, 0.2) is 0 Å². The molecule has 0 saturated carbocycles. The number of ether oxygens (including phenoxy) is 1. The Morgan fingerprint density at radius 3 is 2.82 bits per heavy atom. The van der Waals surface area contributed by atoms with Gasteiger partial charge in [-0.05, 0) is 31.5 Å². The van der Waals surface area contributed by atoms with E-state index in [0.29, 0.717) is 24.2 Å². The fourth-order valence-corrected chi connectivity index (χ4v) is 2.97. The molecular formula is C19H21FN4O4. The molecule has 0 unspecified atom stereocenters. The van der Waals surface area contributed by atoms with E-state index in [1.807, 2.05) is 0 Å². The number of benzene rings is 1. The maximum Gasteiger partial charge on any atom is 0.410 e. The van der Waals surface area contributed by atoms with Crippen LogP contribution in [0.4, 0.5) is 14.9 Å². The molecule has 1 aliphatic rings. The summed E-state index contributed by atoms with van der Waals surface area (Å²) >= 11 is 0. The van der Waals surface area contributed by atoms with Crippen molar-refractivity contribution >= 4 is 17.7 Å². The van der Waals surface area contributed by atoms with Gasteiger partial charge >= 0.3 is 6.09 Å². The van der Waals surface area contributed by atoms with Gasteiger partial charge in [-0.1, -0.05) is 6.07 Å². The zero-order valence-electron chi connectivity index (χ0n) is 15.7. The Balaban J connectivity index is 1.71. The molecule has 0 bridgehead atoms. The number of hydrogen-bond acceptors (Lipinski definition) is 5. The summed E-state index contributed by atoms with van der Waals surface area (Å²) < 4.78 is 19.9. The molecule has 28 heavy (non-hydrogen) atoms. The van der Waals surface area contributed by atoms with Gasteiger partial charge in [0, 0.05) is 24.6 Å². The van der Waals surface area contributed by atoms with Crippen molar-refractivity contribution in [3.05, 3.63) is 57.3 Å². The molecule has 0 radical (unpaired) electrons. The highest BCUT2D eigenvalue weighted by Crippen LogP contribution is 2.17. The fourth-order valence-electron chi connectivity index (χ4n) is 2.97. The number of nitrogens with one attached hydrogen (secondary N) is 1. The Morgan fingerprint density at radius 2 is 2.11 bits per heavy atom. The summed E-state index contributed by atoms with van der Waals surface area (Å²) in [6.45, 7) is 4.06. The smallest absolute Gasteiger partial charge is 0.410 e. The summed E-state index contributed by atoms with van der Waals surface area (Å²) in [5, 5.41) is 6.69. The quantitative estimate of drug-likeness (QED) is 0.863. The number of carbonyl (C=O) groups excluding carboxylic acids is 2. The van der Waals surface area contributed by atoms with E-state index in [0.717, 1.165) is 10.2 Å². The minimum Gasteiger partial charge on any atom is -0.450 e. The maximum absolute atomic E-state index is 13.9. The number of carbonyl (C=O) groups is 2. The lowest BCUT2D eigenvalue weighted by Gasteiger charge is -2.27. The minimum absolute atomic E-state index is 0.0479. The van der Waals surface area contributed by atoms with Gasteiger partial charge in [0.2, 0.25) is 5.91 Å². The predicted octanol–water partition coefficient (Wildman–Crippen LogP) is 1.84. The molecule has 3 rings (SSSR count). The second-order valence-electron chi connectivity index (χ2n) is 6.51. The van der Waals surface area contributed by atoms with Crippen LogP contribution in [-0.4, -0.2) is 39.8 Å². The summed E-state index contributed by atoms with van der Waals surface area (Å²) in [6.07, 6.45) is 0.0136. The third kappa shape index (κ3) is 4.36. The lowest BCUT2D eigenvalue weighted by atomic mass is 10.1. The Morgan fingerprint density at radius 1 is 1.32 bits per heavy atom. The largest absolute Gasteiger partial charge is 0.450 e. The topological polar surface area (TPSA) is 93.5 Å². The summed E-state index contributed by atoms with van der Waals surface area (Å²) in [4.78, 5) is 37.9. The zero-order valence-corrected chi connectivity index (χ0v) is 15.7. The standard InChI is InChI=1S/C19H21FN4O4/c1-3-28-19(27)23-7-6-15-13(10-23)9-18(26)24(22-15)11-17(25)21-16-5-4-12(2)8-14(16)20/h4-5,8-9H,3,6-7,10-11H2,1-2H3,(H,21,25). The van der Waals surface area contributed by atoms with Crippen LogP contribution < -0.4 is 10.9 Å². The average Bonchev–Trinajstić information content (AvgIpc) is 2.64. The highest BCUT2D eigenvalue weighted by atomic mass is 19.1. The second-order valence-corrected chi connectivity index (χ2v) is 6.51. The van der Waals surface area contributed by atoms with Crippen molar-refractivity contribution < 1.29 is 18.7 Å². The van der Waals surface area contributed by atoms with Crippen LogP contribution >= 0.6 is 0 Å². The molecule has 2 heterocycles. The van der Waals surface area contributed by atoms with Crippen LogP contribution in [-0.2, 0) is 29.0 Å². The molecule has 9 heteroatoms. The lowest BCUT2D eigenvalue weighted by molar-refractivity contribution is -0.117. The number of rotatable bonds is 4. The molecule has 1 aromatic carbocycles. The van der Waals surface area contributed by atoms with Crippen molar-refractivity contribution in [2.24, 2.45) is 0 Å². The highest BCUT2D eigenvalue weighted by Gasteiger charge is 2.24. The summed E-state index contributed by atoms with van der Waals surface area (Å²) in [5.41, 5.74) is 1.59. The van der Waals surface area contributed by atoms with E-state index in [9.17, 15) is 18.8 Å². The Hall–Kier alpha value is -3.23. The van der Waals surface area contributed by atoms with Crippen LogP contribution in [0.15, 0.2) is 29.1 Å². The Labute approximate surface area is 160 Å². The monoisotopic (exact) mass is 388 g/mol. The third-order valence-electron chi connectivity index (χ3n) is 4.36. The first-order valence-corrected chi connectivity index (χ1v) is 8.95. The molecular weight excluding hydrogens is 367 g/mol. The molecule has 1 N–H and O–H groups in total. The van der Waals surface area contributed by atoms with E-state index in [4.69, 9.17) is 4.74 Å². The highest BCUT2D eigenvalue weighted by molar-refractivity contribution is 5.90. The van der Waals surface area contributed by atoms with E-state index in [1.165, 1.54) is 23.1 Å². The van der Waals surface area contributed by atoms with Crippen LogP contribution in [0.1, 0.15) is 23.7 Å². The average molecular weight is 388 g/mol. The molecule has 1 aliphatic heterocycles. The van der Waals surface area contributed by atoms with Crippen LogP contribution in [0.5, 0.6) is 0 Å². The van der Waals surface area contributed by atoms with Crippen LogP contribution in [0.2, 0.25) is 0 Å². The van der Waals surface area contributed by atoms with Crippen molar-refractivity contribution in [2.75, 3.05) is 18.5 Å². The van der Waals surface area contributed by atoms with Gasteiger partial charge in [-0.15, -0.1) is 0 Å². The molecule has 2 aromatic rings. The number of aromatic nitrogens is 2. The van der Waals surface area contributed by atoms with Crippen LogP contribution in [0, 0.1) is 12.7 Å². The Kier molecular flexibility index (Phi) is 5.72. The van der Waals surface area contributed by atoms with Gasteiger partial charge in [0.05, 0.1) is 24.5 Å². The van der Waals surface area contributed by atoms with Gasteiger partial charge in [-0.2, -0.15) is 5.10 Å². The zero-order chi connectivity index (χ0) is 20.3.